The largest absolute Gasteiger partial charge is 0.507 e. The third kappa shape index (κ3) is 2.32. The highest BCUT2D eigenvalue weighted by atomic mass is 16.4. The molecule has 0 saturated carbocycles. The maximum atomic E-state index is 11.1. The van der Waals surface area contributed by atoms with E-state index < -0.39 is 17.1 Å². The first-order chi connectivity index (χ1) is 9.34. The lowest BCUT2D eigenvalue weighted by Crippen LogP contribution is -2.19. The third-order valence-electron chi connectivity index (χ3n) is 3.51. The van der Waals surface area contributed by atoms with Gasteiger partial charge >= 0.3 is 5.97 Å². The predicted octanol–water partition coefficient (Wildman–Crippen LogP) is 3.12. The minimum Gasteiger partial charge on any atom is -0.507 e. The summed E-state index contributed by atoms with van der Waals surface area (Å²) in [5.41, 5.74) is 0.599. The summed E-state index contributed by atoms with van der Waals surface area (Å²) in [5, 5.41) is 28.7. The quantitative estimate of drug-likeness (QED) is 0.802. The number of rotatable bonds is 3. The Morgan fingerprint density at radius 1 is 1.00 bits per heavy atom. The molecule has 0 amide bonds. The van der Waals surface area contributed by atoms with E-state index in [-0.39, 0.29) is 11.3 Å². The van der Waals surface area contributed by atoms with Crippen molar-refractivity contribution in [2.24, 2.45) is 0 Å². The fourth-order valence-corrected chi connectivity index (χ4v) is 2.26. The van der Waals surface area contributed by atoms with Crippen LogP contribution in [-0.4, -0.2) is 21.3 Å². The number of hydrogen-bond acceptors (Lipinski definition) is 3. The molecular weight excluding hydrogens is 256 g/mol. The van der Waals surface area contributed by atoms with Gasteiger partial charge in [-0.05, 0) is 11.6 Å². The Balaban J connectivity index is 2.63. The SMILES string of the molecule is CC(C)(c1ccccc1)c1cc(C(=O)O)c(O)cc1O. The molecule has 3 N–H and O–H groups in total. The van der Waals surface area contributed by atoms with E-state index in [2.05, 4.69) is 0 Å². The molecule has 0 aliphatic carbocycles. The molecule has 4 heteroatoms. The molecule has 0 saturated heterocycles. The van der Waals surface area contributed by atoms with Crippen molar-refractivity contribution < 1.29 is 20.1 Å². The predicted molar refractivity (Wildman–Crippen MR) is 75.3 cm³/mol. The lowest BCUT2D eigenvalue weighted by molar-refractivity contribution is 0.0693. The van der Waals surface area contributed by atoms with Crippen molar-refractivity contribution in [1.82, 2.24) is 0 Å². The number of hydrogen-bond donors (Lipinski definition) is 3. The van der Waals surface area contributed by atoms with Gasteiger partial charge in [-0.2, -0.15) is 0 Å². The highest BCUT2D eigenvalue weighted by molar-refractivity contribution is 5.91. The van der Waals surface area contributed by atoms with E-state index in [9.17, 15) is 15.0 Å². The zero-order chi connectivity index (χ0) is 14.9. The zero-order valence-corrected chi connectivity index (χ0v) is 11.3. The van der Waals surface area contributed by atoms with Crippen LogP contribution in [0.5, 0.6) is 11.5 Å². The molecule has 104 valence electrons. The number of phenols is 2. The summed E-state index contributed by atoms with van der Waals surface area (Å²) in [6.07, 6.45) is 0. The Labute approximate surface area is 116 Å². The van der Waals surface area contributed by atoms with Crippen LogP contribution >= 0.6 is 0 Å². The van der Waals surface area contributed by atoms with E-state index in [1.54, 1.807) is 0 Å². The van der Waals surface area contributed by atoms with Gasteiger partial charge in [0.25, 0.3) is 0 Å². The summed E-state index contributed by atoms with van der Waals surface area (Å²) in [6, 6.07) is 11.9. The lowest BCUT2D eigenvalue weighted by Gasteiger charge is -2.27. The van der Waals surface area contributed by atoms with E-state index in [1.165, 1.54) is 6.07 Å². The Bertz CT molecular complexity index is 645. The Kier molecular flexibility index (Phi) is 3.40. The average molecular weight is 272 g/mol. The first kappa shape index (κ1) is 13.9. The molecule has 20 heavy (non-hydrogen) atoms. The molecule has 2 aromatic carbocycles. The second kappa shape index (κ2) is 4.89. The summed E-state index contributed by atoms with van der Waals surface area (Å²) in [6.45, 7) is 3.78. The van der Waals surface area contributed by atoms with E-state index in [4.69, 9.17) is 5.11 Å². The summed E-state index contributed by atoms with van der Waals surface area (Å²) < 4.78 is 0. The lowest BCUT2D eigenvalue weighted by atomic mass is 9.77. The summed E-state index contributed by atoms with van der Waals surface area (Å²) in [7, 11) is 0. The van der Waals surface area contributed by atoms with Crippen molar-refractivity contribution in [2.45, 2.75) is 19.3 Å². The van der Waals surface area contributed by atoms with Crippen molar-refractivity contribution in [3.8, 4) is 11.5 Å². The summed E-state index contributed by atoms with van der Waals surface area (Å²) in [4.78, 5) is 11.1. The monoisotopic (exact) mass is 272 g/mol. The van der Waals surface area contributed by atoms with Crippen LogP contribution in [0.1, 0.15) is 35.3 Å². The number of aromatic hydroxyl groups is 2. The number of carboxylic acids is 1. The van der Waals surface area contributed by atoms with Crippen LogP contribution in [0.4, 0.5) is 0 Å². The molecule has 0 heterocycles. The normalized spacial score (nSPS) is 11.3. The Morgan fingerprint density at radius 2 is 1.60 bits per heavy atom. The molecule has 0 aliphatic heterocycles. The number of aromatic carboxylic acids is 1. The van der Waals surface area contributed by atoms with Crippen LogP contribution in [0.3, 0.4) is 0 Å². The van der Waals surface area contributed by atoms with Gasteiger partial charge < -0.3 is 15.3 Å². The van der Waals surface area contributed by atoms with Gasteiger partial charge in [-0.1, -0.05) is 44.2 Å². The molecule has 2 rings (SSSR count). The van der Waals surface area contributed by atoms with Gasteiger partial charge in [0.15, 0.2) is 0 Å². The first-order valence-corrected chi connectivity index (χ1v) is 6.19. The van der Waals surface area contributed by atoms with Crippen molar-refractivity contribution in [3.05, 3.63) is 59.2 Å². The summed E-state index contributed by atoms with van der Waals surface area (Å²) in [5.74, 6) is -1.79. The van der Waals surface area contributed by atoms with Crippen LogP contribution in [-0.2, 0) is 5.41 Å². The van der Waals surface area contributed by atoms with Crippen LogP contribution < -0.4 is 0 Å². The Morgan fingerprint density at radius 3 is 2.15 bits per heavy atom. The smallest absolute Gasteiger partial charge is 0.339 e. The molecule has 0 bridgehead atoms. The average Bonchev–Trinajstić information content (AvgIpc) is 2.39. The fourth-order valence-electron chi connectivity index (χ4n) is 2.26. The van der Waals surface area contributed by atoms with Crippen LogP contribution in [0.2, 0.25) is 0 Å². The second-order valence-electron chi connectivity index (χ2n) is 5.18. The Hall–Kier alpha value is -2.49. The zero-order valence-electron chi connectivity index (χ0n) is 11.3. The maximum absolute atomic E-state index is 11.1. The van der Waals surface area contributed by atoms with Crippen LogP contribution in [0.25, 0.3) is 0 Å². The molecule has 4 nitrogen and oxygen atoms in total. The van der Waals surface area contributed by atoms with Crippen molar-refractivity contribution >= 4 is 5.97 Å². The molecule has 0 atom stereocenters. The van der Waals surface area contributed by atoms with Crippen molar-refractivity contribution in [2.75, 3.05) is 0 Å². The molecular formula is C16H16O4. The second-order valence-corrected chi connectivity index (χ2v) is 5.18. The van der Waals surface area contributed by atoms with Gasteiger partial charge in [0, 0.05) is 17.0 Å². The standard InChI is InChI=1S/C16H16O4/c1-16(2,10-6-4-3-5-7-10)12-8-11(15(19)20)13(17)9-14(12)18/h3-9,17-18H,1-2H3,(H,19,20). The van der Waals surface area contributed by atoms with Crippen molar-refractivity contribution in [1.29, 1.82) is 0 Å². The van der Waals surface area contributed by atoms with Gasteiger partial charge in [-0.15, -0.1) is 0 Å². The molecule has 2 aromatic rings. The van der Waals surface area contributed by atoms with Crippen molar-refractivity contribution in [3.63, 3.8) is 0 Å². The minimum atomic E-state index is -1.23. The van der Waals surface area contributed by atoms with E-state index >= 15 is 0 Å². The van der Waals surface area contributed by atoms with Crippen LogP contribution in [0.15, 0.2) is 42.5 Å². The number of carboxylic acid groups (broad SMARTS) is 1. The summed E-state index contributed by atoms with van der Waals surface area (Å²) >= 11 is 0. The van der Waals surface area contributed by atoms with Gasteiger partial charge in [0.2, 0.25) is 0 Å². The van der Waals surface area contributed by atoms with Gasteiger partial charge in [0.1, 0.15) is 17.1 Å². The topological polar surface area (TPSA) is 77.8 Å². The van der Waals surface area contributed by atoms with Gasteiger partial charge in [0.05, 0.1) is 0 Å². The molecule has 0 spiro atoms. The molecule has 0 radical (unpaired) electrons. The molecule has 0 aliphatic rings. The number of benzene rings is 2. The van der Waals surface area contributed by atoms with Crippen LogP contribution in [0, 0.1) is 0 Å². The highest BCUT2D eigenvalue weighted by Gasteiger charge is 2.28. The van der Waals surface area contributed by atoms with Gasteiger partial charge in [-0.3, -0.25) is 0 Å². The van der Waals surface area contributed by atoms with E-state index in [0.717, 1.165) is 11.6 Å². The molecule has 0 aromatic heterocycles. The number of phenolic OH excluding ortho intramolecular Hbond substituents is 1. The molecule has 0 fully saturated rings. The van der Waals surface area contributed by atoms with E-state index in [0.29, 0.717) is 5.56 Å². The van der Waals surface area contributed by atoms with Gasteiger partial charge in [-0.25, -0.2) is 4.79 Å². The van der Waals surface area contributed by atoms with E-state index in [1.807, 2.05) is 44.2 Å². The minimum absolute atomic E-state index is 0.124. The highest BCUT2D eigenvalue weighted by Crippen LogP contribution is 2.39. The fraction of sp³-hybridized carbons (Fsp3) is 0.188. The number of carbonyl (C=O) groups is 1. The first-order valence-electron chi connectivity index (χ1n) is 6.19. The molecule has 0 unspecified atom stereocenters. The third-order valence-corrected chi connectivity index (χ3v) is 3.51. The maximum Gasteiger partial charge on any atom is 0.339 e.